The summed E-state index contributed by atoms with van der Waals surface area (Å²) in [4.78, 5) is 12.3. The minimum atomic E-state index is -0.341. The van der Waals surface area contributed by atoms with Crippen molar-refractivity contribution in [2.24, 2.45) is 0 Å². The van der Waals surface area contributed by atoms with Crippen molar-refractivity contribution >= 4 is 49.6 Å². The van der Waals surface area contributed by atoms with E-state index in [4.69, 9.17) is 0 Å². The van der Waals surface area contributed by atoms with Crippen LogP contribution in [0.3, 0.4) is 0 Å². The van der Waals surface area contributed by atoms with E-state index in [1.165, 1.54) is 24.3 Å². The van der Waals surface area contributed by atoms with Gasteiger partial charge in [-0.25, -0.2) is 4.39 Å². The molecule has 1 heterocycles. The van der Waals surface area contributed by atoms with Gasteiger partial charge in [-0.2, -0.15) is 4.57 Å². The summed E-state index contributed by atoms with van der Waals surface area (Å²) in [6, 6.07) is 15.5. The third kappa shape index (κ3) is 3.59. The number of hydrogen-bond acceptors (Lipinski definition) is 1. The van der Waals surface area contributed by atoms with Gasteiger partial charge in [0.15, 0.2) is 6.20 Å². The molecule has 0 bridgehead atoms. The Morgan fingerprint density at radius 1 is 1.09 bits per heavy atom. The van der Waals surface area contributed by atoms with E-state index in [2.05, 4.69) is 15.9 Å². The van der Waals surface area contributed by atoms with Crippen LogP contribution in [0.4, 0.5) is 4.39 Å². The molecule has 3 aromatic rings. The Morgan fingerprint density at radius 3 is 2.50 bits per heavy atom. The average Bonchev–Trinajstić information content (AvgIpc) is 2.47. The van der Waals surface area contributed by atoms with Crippen LogP contribution in [0, 0.1) is 5.82 Å². The molecule has 0 saturated carbocycles. The highest BCUT2D eigenvalue weighted by molar-refractivity contribution is 9.10. The topological polar surface area (TPSA) is 20.9 Å². The molecule has 0 unspecified atom stereocenters. The standard InChI is InChI=1S/C17H12BrFNO.BrH/c18-14-9-13-3-1-2-4-16(13)20(10-14)11-17(21)12-5-7-15(19)8-6-12;/h1-10H,11H2;1H/q+1;. The number of rotatable bonds is 3. The molecule has 0 saturated heterocycles. The molecule has 0 radical (unpaired) electrons. The molecular weight excluding hydrogens is 413 g/mol. The number of aromatic nitrogens is 1. The molecule has 0 fully saturated rings. The molecular formula is C17H13Br2FNO+. The molecule has 0 amide bonds. The molecule has 0 aliphatic heterocycles. The van der Waals surface area contributed by atoms with Crippen molar-refractivity contribution in [3.8, 4) is 0 Å². The molecule has 0 aliphatic rings. The van der Waals surface area contributed by atoms with Crippen molar-refractivity contribution in [1.82, 2.24) is 0 Å². The quantitative estimate of drug-likeness (QED) is 0.447. The predicted molar refractivity (Wildman–Crippen MR) is 92.9 cm³/mol. The number of hydrogen-bond donors (Lipinski definition) is 0. The maximum Gasteiger partial charge on any atom is 0.227 e. The second kappa shape index (κ2) is 7.11. The number of halogens is 3. The fraction of sp³-hybridized carbons (Fsp3) is 0.0588. The van der Waals surface area contributed by atoms with Gasteiger partial charge in [0, 0.05) is 17.0 Å². The van der Waals surface area contributed by atoms with Crippen molar-refractivity contribution in [3.63, 3.8) is 0 Å². The second-order valence-electron chi connectivity index (χ2n) is 4.78. The van der Waals surface area contributed by atoms with E-state index in [0.29, 0.717) is 5.56 Å². The van der Waals surface area contributed by atoms with Gasteiger partial charge in [0.25, 0.3) is 0 Å². The minimum absolute atomic E-state index is 0. The number of para-hydroxylation sites is 1. The van der Waals surface area contributed by atoms with Gasteiger partial charge in [0.05, 0.1) is 4.47 Å². The normalized spacial score (nSPS) is 10.3. The number of fused-ring (bicyclic) bond motifs is 1. The van der Waals surface area contributed by atoms with E-state index in [-0.39, 0.29) is 35.1 Å². The lowest BCUT2D eigenvalue weighted by Crippen LogP contribution is -2.38. The second-order valence-corrected chi connectivity index (χ2v) is 5.69. The molecule has 2 aromatic carbocycles. The number of carbonyl (C=O) groups excluding carboxylic acids is 1. The molecule has 5 heteroatoms. The Hall–Kier alpha value is -1.59. The summed E-state index contributed by atoms with van der Waals surface area (Å²) in [6.07, 6.45) is 1.88. The Morgan fingerprint density at radius 2 is 1.77 bits per heavy atom. The summed E-state index contributed by atoms with van der Waals surface area (Å²) in [5, 5.41) is 1.05. The molecule has 0 N–H and O–H groups in total. The molecule has 0 aliphatic carbocycles. The van der Waals surface area contributed by atoms with Gasteiger partial charge >= 0.3 is 0 Å². The van der Waals surface area contributed by atoms with Gasteiger partial charge in [0.1, 0.15) is 5.82 Å². The van der Waals surface area contributed by atoms with Crippen LogP contribution in [0.5, 0.6) is 0 Å². The van der Waals surface area contributed by atoms with Gasteiger partial charge in [-0.05, 0) is 52.3 Å². The van der Waals surface area contributed by atoms with E-state index in [1.807, 2.05) is 41.1 Å². The first-order valence-corrected chi connectivity index (χ1v) is 7.29. The highest BCUT2D eigenvalue weighted by atomic mass is 79.9. The van der Waals surface area contributed by atoms with Crippen molar-refractivity contribution < 1.29 is 13.8 Å². The lowest BCUT2D eigenvalue weighted by Gasteiger charge is -2.03. The molecule has 112 valence electrons. The van der Waals surface area contributed by atoms with Crippen LogP contribution in [-0.2, 0) is 6.54 Å². The largest absolute Gasteiger partial charge is 0.287 e. The fourth-order valence-electron chi connectivity index (χ4n) is 2.29. The van der Waals surface area contributed by atoms with Crippen LogP contribution in [0.25, 0.3) is 10.9 Å². The van der Waals surface area contributed by atoms with Crippen LogP contribution in [0.15, 0.2) is 65.3 Å². The predicted octanol–water partition coefficient (Wildman–Crippen LogP) is 4.49. The van der Waals surface area contributed by atoms with E-state index in [1.54, 1.807) is 0 Å². The Bertz CT molecular complexity index is 819. The lowest BCUT2D eigenvalue weighted by atomic mass is 10.1. The number of pyridine rings is 1. The van der Waals surface area contributed by atoms with Gasteiger partial charge < -0.3 is 0 Å². The third-order valence-electron chi connectivity index (χ3n) is 3.30. The van der Waals surface area contributed by atoms with Gasteiger partial charge in [0.2, 0.25) is 17.8 Å². The van der Waals surface area contributed by atoms with Crippen molar-refractivity contribution in [1.29, 1.82) is 0 Å². The van der Waals surface area contributed by atoms with Crippen molar-refractivity contribution in [2.75, 3.05) is 0 Å². The van der Waals surface area contributed by atoms with Crippen molar-refractivity contribution in [3.05, 3.63) is 76.6 Å². The summed E-state index contributed by atoms with van der Waals surface area (Å²) in [5.74, 6) is -0.393. The highest BCUT2D eigenvalue weighted by Gasteiger charge is 2.16. The molecule has 22 heavy (non-hydrogen) atoms. The first-order valence-electron chi connectivity index (χ1n) is 6.50. The number of nitrogens with zero attached hydrogens (tertiary/aromatic N) is 1. The van der Waals surface area contributed by atoms with Crippen LogP contribution in [0.2, 0.25) is 0 Å². The zero-order chi connectivity index (χ0) is 14.8. The maximum absolute atomic E-state index is 12.9. The fourth-order valence-corrected chi connectivity index (χ4v) is 2.78. The summed E-state index contributed by atoms with van der Waals surface area (Å²) in [5.41, 5.74) is 1.49. The summed E-state index contributed by atoms with van der Waals surface area (Å²) < 4.78 is 15.7. The molecule has 0 atom stereocenters. The third-order valence-corrected chi connectivity index (χ3v) is 3.73. The Labute approximate surface area is 146 Å². The number of benzene rings is 2. The monoisotopic (exact) mass is 424 g/mol. The molecule has 1 aromatic heterocycles. The minimum Gasteiger partial charge on any atom is -0.287 e. The van der Waals surface area contributed by atoms with Gasteiger partial charge in [-0.15, -0.1) is 17.0 Å². The van der Waals surface area contributed by atoms with Crippen LogP contribution in [0.1, 0.15) is 10.4 Å². The number of ketones is 1. The Kier molecular flexibility index (Phi) is 5.42. The zero-order valence-corrected chi connectivity index (χ0v) is 14.8. The average molecular weight is 426 g/mol. The first kappa shape index (κ1) is 16.8. The first-order chi connectivity index (χ1) is 10.1. The summed E-state index contributed by atoms with van der Waals surface area (Å²) >= 11 is 3.46. The molecule has 0 spiro atoms. The Balaban J connectivity index is 0.00000176. The number of carbonyl (C=O) groups is 1. The van der Waals surface area contributed by atoms with E-state index in [0.717, 1.165) is 15.4 Å². The molecule has 2 nitrogen and oxygen atoms in total. The van der Waals surface area contributed by atoms with Gasteiger partial charge in [-0.1, -0.05) is 12.1 Å². The zero-order valence-electron chi connectivity index (χ0n) is 11.5. The molecule has 3 rings (SSSR count). The van der Waals surface area contributed by atoms with E-state index < -0.39 is 0 Å². The summed E-state index contributed by atoms with van der Waals surface area (Å²) in [7, 11) is 0. The number of Topliss-reactive ketones (excluding diaryl/α,β-unsaturated/α-hetero) is 1. The van der Waals surface area contributed by atoms with E-state index in [9.17, 15) is 9.18 Å². The lowest BCUT2D eigenvalue weighted by molar-refractivity contribution is -0.657. The SMILES string of the molecule is Br.O=C(C[n+]1cc(Br)cc2ccccc21)c1ccc(F)cc1. The summed E-state index contributed by atoms with van der Waals surface area (Å²) in [6.45, 7) is 0.214. The van der Waals surface area contributed by atoms with E-state index >= 15 is 0 Å². The smallest absolute Gasteiger partial charge is 0.227 e. The van der Waals surface area contributed by atoms with Crippen LogP contribution in [-0.4, -0.2) is 5.78 Å². The van der Waals surface area contributed by atoms with Crippen LogP contribution >= 0.6 is 32.9 Å². The van der Waals surface area contributed by atoms with Crippen LogP contribution < -0.4 is 4.57 Å². The highest BCUT2D eigenvalue weighted by Crippen LogP contribution is 2.16. The van der Waals surface area contributed by atoms with Crippen molar-refractivity contribution in [2.45, 2.75) is 6.54 Å². The maximum atomic E-state index is 12.9. The van der Waals surface area contributed by atoms with Gasteiger partial charge in [-0.3, -0.25) is 4.79 Å².